The van der Waals surface area contributed by atoms with Crippen LogP contribution < -0.4 is 11.1 Å². The van der Waals surface area contributed by atoms with Gasteiger partial charge in [0.1, 0.15) is 0 Å². The van der Waals surface area contributed by atoms with E-state index >= 15 is 0 Å². The Balaban J connectivity index is 1.65. The maximum absolute atomic E-state index is 12.0. The third-order valence-corrected chi connectivity index (χ3v) is 4.71. The quantitative estimate of drug-likeness (QED) is 0.766. The van der Waals surface area contributed by atoms with Crippen LogP contribution in [0, 0.1) is 0 Å². The molecule has 1 saturated carbocycles. The van der Waals surface area contributed by atoms with E-state index in [1.807, 2.05) is 11.8 Å². The molecule has 0 atom stereocenters. The Morgan fingerprint density at radius 2 is 1.94 bits per heavy atom. The summed E-state index contributed by atoms with van der Waals surface area (Å²) >= 11 is 2.01. The number of nitrogens with zero attached hydrogens (tertiary/aromatic N) is 1. The summed E-state index contributed by atoms with van der Waals surface area (Å²) in [6.45, 7) is 3.99. The minimum absolute atomic E-state index is 0.0568. The van der Waals surface area contributed by atoms with Crippen LogP contribution in [0.25, 0.3) is 0 Å². The van der Waals surface area contributed by atoms with Crippen LogP contribution in [-0.2, 0) is 4.79 Å². The molecule has 0 unspecified atom stereocenters. The number of carbonyl (C=O) groups excluding carboxylic acids is 1. The van der Waals surface area contributed by atoms with E-state index in [1.54, 1.807) is 0 Å². The summed E-state index contributed by atoms with van der Waals surface area (Å²) in [6.07, 6.45) is 3.87. The molecule has 0 radical (unpaired) electrons. The molecular formula is C12H23N3OS. The van der Waals surface area contributed by atoms with Gasteiger partial charge in [-0.3, -0.25) is 9.69 Å². The van der Waals surface area contributed by atoms with E-state index in [9.17, 15) is 4.79 Å². The Morgan fingerprint density at radius 3 is 2.59 bits per heavy atom. The monoisotopic (exact) mass is 257 g/mol. The van der Waals surface area contributed by atoms with E-state index in [2.05, 4.69) is 10.2 Å². The lowest BCUT2D eigenvalue weighted by Gasteiger charge is -2.27. The SMILES string of the molecule is NC1(C(=O)NCCN2CCSCC2)CCCC1. The van der Waals surface area contributed by atoms with E-state index in [0.717, 1.165) is 51.9 Å². The highest BCUT2D eigenvalue weighted by Gasteiger charge is 2.36. The molecule has 3 N–H and O–H groups in total. The lowest BCUT2D eigenvalue weighted by Crippen LogP contribution is -2.53. The molecule has 98 valence electrons. The molecule has 17 heavy (non-hydrogen) atoms. The summed E-state index contributed by atoms with van der Waals surface area (Å²) in [5.74, 6) is 2.49. The van der Waals surface area contributed by atoms with Gasteiger partial charge >= 0.3 is 0 Å². The average molecular weight is 257 g/mol. The van der Waals surface area contributed by atoms with Crippen molar-refractivity contribution in [1.82, 2.24) is 10.2 Å². The van der Waals surface area contributed by atoms with Gasteiger partial charge in [-0.05, 0) is 12.8 Å². The first-order valence-corrected chi connectivity index (χ1v) is 7.73. The van der Waals surface area contributed by atoms with Crippen molar-refractivity contribution in [1.29, 1.82) is 0 Å². The zero-order valence-electron chi connectivity index (χ0n) is 10.4. The maximum atomic E-state index is 12.0. The molecule has 1 heterocycles. The minimum Gasteiger partial charge on any atom is -0.353 e. The van der Waals surface area contributed by atoms with E-state index in [-0.39, 0.29) is 5.91 Å². The van der Waals surface area contributed by atoms with Gasteiger partial charge in [0.25, 0.3) is 0 Å². The summed E-state index contributed by atoms with van der Waals surface area (Å²) < 4.78 is 0. The second kappa shape index (κ2) is 6.07. The zero-order chi connectivity index (χ0) is 12.1. The predicted molar refractivity (Wildman–Crippen MR) is 72.2 cm³/mol. The average Bonchev–Trinajstić information content (AvgIpc) is 2.79. The van der Waals surface area contributed by atoms with Crippen LogP contribution >= 0.6 is 11.8 Å². The first kappa shape index (κ1) is 13.2. The van der Waals surface area contributed by atoms with Crippen molar-refractivity contribution in [2.24, 2.45) is 5.73 Å². The lowest BCUT2D eigenvalue weighted by molar-refractivity contribution is -0.126. The third kappa shape index (κ3) is 3.60. The highest BCUT2D eigenvalue weighted by Crippen LogP contribution is 2.27. The fourth-order valence-electron chi connectivity index (χ4n) is 2.56. The fourth-order valence-corrected chi connectivity index (χ4v) is 3.54. The molecule has 0 spiro atoms. The molecule has 0 aromatic carbocycles. The number of hydrogen-bond donors (Lipinski definition) is 2. The highest BCUT2D eigenvalue weighted by atomic mass is 32.2. The van der Waals surface area contributed by atoms with Crippen LogP contribution in [-0.4, -0.2) is 54.0 Å². The van der Waals surface area contributed by atoms with Crippen molar-refractivity contribution in [3.05, 3.63) is 0 Å². The summed E-state index contributed by atoms with van der Waals surface area (Å²) in [5, 5.41) is 3.00. The molecule has 0 aromatic heterocycles. The zero-order valence-corrected chi connectivity index (χ0v) is 11.2. The Kier molecular flexibility index (Phi) is 4.70. The summed E-state index contributed by atoms with van der Waals surface area (Å²) in [4.78, 5) is 14.4. The van der Waals surface area contributed by atoms with Gasteiger partial charge in [-0.15, -0.1) is 0 Å². The van der Waals surface area contributed by atoms with Crippen molar-refractivity contribution in [3.63, 3.8) is 0 Å². The topological polar surface area (TPSA) is 58.4 Å². The Hall–Kier alpha value is -0.260. The van der Waals surface area contributed by atoms with E-state index in [0.29, 0.717) is 0 Å². The molecule has 4 nitrogen and oxygen atoms in total. The lowest BCUT2D eigenvalue weighted by atomic mass is 9.98. The Bertz CT molecular complexity index is 260. The molecule has 1 amide bonds. The Labute approximate surface area is 108 Å². The molecule has 0 bridgehead atoms. The molecule has 1 saturated heterocycles. The van der Waals surface area contributed by atoms with Gasteiger partial charge in [0.15, 0.2) is 0 Å². The number of amides is 1. The summed E-state index contributed by atoms with van der Waals surface area (Å²) in [7, 11) is 0. The van der Waals surface area contributed by atoms with Crippen molar-refractivity contribution in [3.8, 4) is 0 Å². The first-order valence-electron chi connectivity index (χ1n) is 6.58. The number of nitrogens with one attached hydrogen (secondary N) is 1. The summed E-state index contributed by atoms with van der Waals surface area (Å²) in [6, 6.07) is 0. The predicted octanol–water partition coefficient (Wildman–Crippen LogP) is 0.423. The maximum Gasteiger partial charge on any atom is 0.240 e. The van der Waals surface area contributed by atoms with Gasteiger partial charge in [0.2, 0.25) is 5.91 Å². The molecular weight excluding hydrogens is 234 g/mol. The molecule has 1 aliphatic carbocycles. The highest BCUT2D eigenvalue weighted by molar-refractivity contribution is 7.99. The van der Waals surface area contributed by atoms with Crippen LogP contribution in [0.4, 0.5) is 0 Å². The molecule has 2 aliphatic rings. The van der Waals surface area contributed by atoms with Crippen molar-refractivity contribution >= 4 is 17.7 Å². The van der Waals surface area contributed by atoms with Crippen molar-refractivity contribution in [2.45, 2.75) is 31.2 Å². The van der Waals surface area contributed by atoms with Gasteiger partial charge in [-0.1, -0.05) is 12.8 Å². The van der Waals surface area contributed by atoms with E-state index in [1.165, 1.54) is 11.5 Å². The largest absolute Gasteiger partial charge is 0.353 e. The van der Waals surface area contributed by atoms with Crippen LogP contribution in [0.15, 0.2) is 0 Å². The number of nitrogens with two attached hydrogens (primary N) is 1. The van der Waals surface area contributed by atoms with Gasteiger partial charge in [0, 0.05) is 37.7 Å². The van der Waals surface area contributed by atoms with Crippen LogP contribution in [0.2, 0.25) is 0 Å². The molecule has 0 aromatic rings. The normalized spacial score (nSPS) is 24.8. The smallest absolute Gasteiger partial charge is 0.240 e. The fraction of sp³-hybridized carbons (Fsp3) is 0.917. The van der Waals surface area contributed by atoms with Gasteiger partial charge in [0.05, 0.1) is 5.54 Å². The van der Waals surface area contributed by atoms with Crippen LogP contribution in [0.5, 0.6) is 0 Å². The standard InChI is InChI=1S/C12H23N3OS/c13-12(3-1-2-4-12)11(16)14-5-6-15-7-9-17-10-8-15/h1-10,13H2,(H,14,16). The number of carbonyl (C=O) groups is 1. The van der Waals surface area contributed by atoms with Gasteiger partial charge < -0.3 is 11.1 Å². The first-order chi connectivity index (χ1) is 8.21. The number of thioether (sulfide) groups is 1. The third-order valence-electron chi connectivity index (χ3n) is 3.77. The molecule has 2 rings (SSSR count). The summed E-state index contributed by atoms with van der Waals surface area (Å²) in [5.41, 5.74) is 5.52. The van der Waals surface area contributed by atoms with E-state index < -0.39 is 5.54 Å². The second-order valence-corrected chi connectivity index (χ2v) is 6.30. The van der Waals surface area contributed by atoms with Crippen LogP contribution in [0.3, 0.4) is 0 Å². The second-order valence-electron chi connectivity index (χ2n) is 5.07. The molecule has 1 aliphatic heterocycles. The van der Waals surface area contributed by atoms with Crippen molar-refractivity contribution in [2.75, 3.05) is 37.7 Å². The number of rotatable bonds is 4. The van der Waals surface area contributed by atoms with Crippen LogP contribution in [0.1, 0.15) is 25.7 Å². The molecule has 5 heteroatoms. The van der Waals surface area contributed by atoms with Gasteiger partial charge in [-0.25, -0.2) is 0 Å². The Morgan fingerprint density at radius 1 is 1.29 bits per heavy atom. The van der Waals surface area contributed by atoms with Gasteiger partial charge in [-0.2, -0.15) is 11.8 Å². The number of hydrogen-bond acceptors (Lipinski definition) is 4. The van der Waals surface area contributed by atoms with Crippen molar-refractivity contribution < 1.29 is 4.79 Å². The van der Waals surface area contributed by atoms with E-state index in [4.69, 9.17) is 5.73 Å². The molecule has 2 fully saturated rings. The minimum atomic E-state index is -0.572.